The Labute approximate surface area is 142 Å². The van der Waals surface area contributed by atoms with Crippen molar-refractivity contribution in [3.63, 3.8) is 0 Å². The third-order valence-corrected chi connectivity index (χ3v) is 5.54. The molecule has 2 aliphatic heterocycles. The lowest BCUT2D eigenvalue weighted by atomic mass is 9.99. The van der Waals surface area contributed by atoms with E-state index >= 15 is 0 Å². The van der Waals surface area contributed by atoms with Gasteiger partial charge in [0.15, 0.2) is 0 Å². The van der Waals surface area contributed by atoms with Gasteiger partial charge >= 0.3 is 0 Å². The number of hydrogen-bond acceptors (Lipinski definition) is 3. The minimum absolute atomic E-state index is 0.162. The highest BCUT2D eigenvalue weighted by Crippen LogP contribution is 2.27. The number of aromatic amines is 1. The van der Waals surface area contributed by atoms with Gasteiger partial charge in [0.1, 0.15) is 0 Å². The first-order valence-electron chi connectivity index (χ1n) is 7.98. The summed E-state index contributed by atoms with van der Waals surface area (Å²) >= 11 is 3.43. The number of H-pyrrole nitrogens is 1. The summed E-state index contributed by atoms with van der Waals surface area (Å²) in [5.74, 6) is -0.162. The number of para-hydroxylation sites is 1. The van der Waals surface area contributed by atoms with Crippen LogP contribution in [0.15, 0.2) is 33.5 Å². The van der Waals surface area contributed by atoms with E-state index in [0.717, 1.165) is 22.7 Å². The monoisotopic (exact) mass is 375 g/mol. The fourth-order valence-electron chi connectivity index (χ4n) is 3.87. The number of carbonyl (C=O) groups is 1. The van der Waals surface area contributed by atoms with Gasteiger partial charge in [-0.2, -0.15) is 0 Å². The minimum Gasteiger partial charge on any atom is -0.349 e. The molecule has 0 saturated carbocycles. The molecule has 1 aromatic carbocycles. The van der Waals surface area contributed by atoms with E-state index in [9.17, 15) is 9.59 Å². The van der Waals surface area contributed by atoms with Crippen LogP contribution in [0.2, 0.25) is 0 Å². The summed E-state index contributed by atoms with van der Waals surface area (Å²) < 4.78 is 0.779. The number of rotatable bonds is 2. The van der Waals surface area contributed by atoms with Crippen molar-refractivity contribution in [2.24, 2.45) is 0 Å². The van der Waals surface area contributed by atoms with Gasteiger partial charge in [-0.25, -0.2) is 0 Å². The molecule has 5 nitrogen and oxygen atoms in total. The average molecular weight is 376 g/mol. The van der Waals surface area contributed by atoms with Crippen molar-refractivity contribution >= 4 is 32.7 Å². The number of piperidine rings is 1. The van der Waals surface area contributed by atoms with Crippen LogP contribution in [0, 0.1) is 0 Å². The highest BCUT2D eigenvalue weighted by atomic mass is 79.9. The van der Waals surface area contributed by atoms with Crippen molar-refractivity contribution in [2.45, 2.75) is 43.8 Å². The second-order valence-electron chi connectivity index (χ2n) is 6.49. The molecule has 3 heterocycles. The van der Waals surface area contributed by atoms with E-state index in [4.69, 9.17) is 0 Å². The molecule has 2 aromatic rings. The van der Waals surface area contributed by atoms with Crippen LogP contribution in [0.5, 0.6) is 0 Å². The maximum absolute atomic E-state index is 12.7. The van der Waals surface area contributed by atoms with Crippen LogP contribution >= 0.6 is 15.9 Å². The molecule has 0 spiro atoms. The summed E-state index contributed by atoms with van der Waals surface area (Å²) in [6.45, 7) is 0. The predicted molar refractivity (Wildman–Crippen MR) is 92.7 cm³/mol. The number of benzene rings is 1. The first kappa shape index (κ1) is 14.9. The van der Waals surface area contributed by atoms with Gasteiger partial charge in [-0.15, -0.1) is 0 Å². The fourth-order valence-corrected chi connectivity index (χ4v) is 4.34. The van der Waals surface area contributed by atoms with E-state index in [1.807, 2.05) is 18.2 Å². The molecule has 1 amide bonds. The number of amides is 1. The Hall–Kier alpha value is -1.66. The Morgan fingerprint density at radius 3 is 2.70 bits per heavy atom. The Kier molecular flexibility index (Phi) is 3.73. The Morgan fingerprint density at radius 2 is 1.96 bits per heavy atom. The van der Waals surface area contributed by atoms with Crippen LogP contribution in [0.1, 0.15) is 36.0 Å². The summed E-state index contributed by atoms with van der Waals surface area (Å²) in [7, 11) is 0. The average Bonchev–Trinajstić information content (AvgIpc) is 2.86. The molecule has 2 unspecified atom stereocenters. The largest absolute Gasteiger partial charge is 0.349 e. The third kappa shape index (κ3) is 2.81. The summed E-state index contributed by atoms with van der Waals surface area (Å²) in [5, 5.41) is 7.45. The summed E-state index contributed by atoms with van der Waals surface area (Å²) in [5.41, 5.74) is 0.839. The Balaban J connectivity index is 1.65. The molecule has 23 heavy (non-hydrogen) atoms. The van der Waals surface area contributed by atoms with Crippen LogP contribution in [0.4, 0.5) is 0 Å². The van der Waals surface area contributed by atoms with Gasteiger partial charge in [0.2, 0.25) is 5.56 Å². The van der Waals surface area contributed by atoms with Crippen molar-refractivity contribution in [1.29, 1.82) is 0 Å². The van der Waals surface area contributed by atoms with E-state index in [1.165, 1.54) is 18.9 Å². The van der Waals surface area contributed by atoms with Crippen LogP contribution in [-0.4, -0.2) is 29.0 Å². The fraction of sp³-hybridized carbons (Fsp3) is 0.412. The first-order valence-corrected chi connectivity index (χ1v) is 8.78. The molecule has 4 rings (SSSR count). The molecule has 120 valence electrons. The maximum Gasteiger partial charge on any atom is 0.252 e. The van der Waals surface area contributed by atoms with Gasteiger partial charge in [-0.3, -0.25) is 9.59 Å². The standard InChI is InChI=1S/C17H18BrN3O2/c18-14-3-1-2-12-13(8-15(22)21-16(12)14)17(23)20-11-6-9-4-5-10(7-11)19-9/h1-3,8-11,19H,4-7H2,(H,20,23)(H,21,22). The van der Waals surface area contributed by atoms with Crippen molar-refractivity contribution < 1.29 is 4.79 Å². The minimum atomic E-state index is -0.264. The number of nitrogens with one attached hydrogen (secondary N) is 3. The van der Waals surface area contributed by atoms with Crippen LogP contribution in [-0.2, 0) is 0 Å². The molecule has 2 aliphatic rings. The lowest BCUT2D eigenvalue weighted by Crippen LogP contribution is -2.48. The topological polar surface area (TPSA) is 74.0 Å². The molecule has 0 aliphatic carbocycles. The second-order valence-corrected chi connectivity index (χ2v) is 7.34. The summed E-state index contributed by atoms with van der Waals surface area (Å²) in [4.78, 5) is 27.4. The van der Waals surface area contributed by atoms with E-state index in [0.29, 0.717) is 23.2 Å². The maximum atomic E-state index is 12.7. The molecule has 1 aromatic heterocycles. The SMILES string of the molecule is O=C(NC1CC2CCC(C1)N2)c1cc(=O)[nH]c2c(Br)cccc12. The number of hydrogen-bond donors (Lipinski definition) is 3. The van der Waals surface area contributed by atoms with Crippen molar-refractivity contribution in [3.8, 4) is 0 Å². The smallest absolute Gasteiger partial charge is 0.252 e. The molecule has 2 atom stereocenters. The third-order valence-electron chi connectivity index (χ3n) is 4.88. The molecule has 6 heteroatoms. The molecule has 0 radical (unpaired) electrons. The lowest BCUT2D eigenvalue weighted by molar-refractivity contribution is 0.0925. The van der Waals surface area contributed by atoms with Crippen molar-refractivity contribution in [1.82, 2.24) is 15.6 Å². The predicted octanol–water partition coefficient (Wildman–Crippen LogP) is 2.30. The van der Waals surface area contributed by atoms with Crippen LogP contribution < -0.4 is 16.2 Å². The number of carbonyl (C=O) groups excluding carboxylic acids is 1. The van der Waals surface area contributed by atoms with Gasteiger partial charge in [0, 0.05) is 34.1 Å². The molecule has 2 bridgehead atoms. The highest BCUT2D eigenvalue weighted by Gasteiger charge is 2.34. The summed E-state index contributed by atoms with van der Waals surface area (Å²) in [6, 6.07) is 8.18. The Morgan fingerprint density at radius 1 is 1.22 bits per heavy atom. The number of halogens is 1. The molecule has 3 N–H and O–H groups in total. The van der Waals surface area contributed by atoms with E-state index < -0.39 is 0 Å². The van der Waals surface area contributed by atoms with E-state index in [1.54, 1.807) is 0 Å². The highest BCUT2D eigenvalue weighted by molar-refractivity contribution is 9.10. The second kappa shape index (κ2) is 5.76. The van der Waals surface area contributed by atoms with Gasteiger partial charge in [-0.05, 0) is 47.7 Å². The molecular formula is C17H18BrN3O2. The van der Waals surface area contributed by atoms with Crippen LogP contribution in [0.25, 0.3) is 10.9 Å². The van der Waals surface area contributed by atoms with Gasteiger partial charge in [0.05, 0.1) is 11.1 Å². The molecular weight excluding hydrogens is 358 g/mol. The van der Waals surface area contributed by atoms with E-state index in [2.05, 4.69) is 31.5 Å². The Bertz CT molecular complexity index is 820. The quantitative estimate of drug-likeness (QED) is 0.753. The van der Waals surface area contributed by atoms with Gasteiger partial charge in [0.25, 0.3) is 5.91 Å². The number of pyridine rings is 1. The van der Waals surface area contributed by atoms with Crippen molar-refractivity contribution in [3.05, 3.63) is 44.7 Å². The number of aromatic nitrogens is 1. The number of fused-ring (bicyclic) bond motifs is 3. The first-order chi connectivity index (χ1) is 11.1. The van der Waals surface area contributed by atoms with Crippen molar-refractivity contribution in [2.75, 3.05) is 0 Å². The zero-order valence-electron chi connectivity index (χ0n) is 12.6. The molecule has 2 fully saturated rings. The summed E-state index contributed by atoms with van der Waals surface area (Å²) in [6.07, 6.45) is 4.32. The van der Waals surface area contributed by atoms with Gasteiger partial charge < -0.3 is 15.6 Å². The molecule has 2 saturated heterocycles. The normalized spacial score (nSPS) is 26.4. The van der Waals surface area contributed by atoms with E-state index in [-0.39, 0.29) is 17.5 Å². The van der Waals surface area contributed by atoms with Crippen LogP contribution in [0.3, 0.4) is 0 Å². The zero-order chi connectivity index (χ0) is 16.0. The van der Waals surface area contributed by atoms with Gasteiger partial charge in [-0.1, -0.05) is 12.1 Å². The zero-order valence-corrected chi connectivity index (χ0v) is 14.2. The lowest BCUT2D eigenvalue weighted by Gasteiger charge is -2.29.